The van der Waals surface area contributed by atoms with Crippen LogP contribution in [0.25, 0.3) is 0 Å². The van der Waals surface area contributed by atoms with Crippen molar-refractivity contribution in [3.8, 4) is 5.75 Å². The van der Waals surface area contributed by atoms with Crippen LogP contribution in [-0.2, 0) is 9.53 Å². The van der Waals surface area contributed by atoms with E-state index in [1.165, 1.54) is 25.1 Å². The number of rotatable bonds is 0. The Morgan fingerprint density at radius 3 is 2.44 bits per heavy atom. The lowest BCUT2D eigenvalue weighted by Crippen LogP contribution is -2.93. The van der Waals surface area contributed by atoms with Crippen molar-refractivity contribution in [2.45, 2.75) is 60.6 Å². The van der Waals surface area contributed by atoms with Crippen molar-refractivity contribution in [2.24, 2.45) is 0 Å². The SMILES string of the molecule is C[C@]12CC(=O)[C@@]3(O)[C@](O)(CC[C@@]4(O)C(=O)c5c(O)cccc5C(=O)[C@]34O1)C2. The molecule has 1 spiro atoms. The topological polar surface area (TPSA) is 141 Å². The van der Waals surface area contributed by atoms with Gasteiger partial charge in [0.15, 0.2) is 17.0 Å². The second-order valence-corrected chi connectivity index (χ2v) is 8.47. The first-order valence-electron chi connectivity index (χ1n) is 8.78. The predicted molar refractivity (Wildman–Crippen MR) is 87.3 cm³/mol. The van der Waals surface area contributed by atoms with E-state index < -0.39 is 57.5 Å². The monoisotopic (exact) mass is 374 g/mol. The Labute approximate surface area is 153 Å². The number of carbonyl (C=O) groups excluding carboxylic acids is 3. The molecule has 2 saturated carbocycles. The van der Waals surface area contributed by atoms with Crippen LogP contribution in [-0.4, -0.2) is 65.8 Å². The summed E-state index contributed by atoms with van der Waals surface area (Å²) in [6, 6.07) is 3.81. The maximum atomic E-state index is 13.5. The molecule has 27 heavy (non-hydrogen) atoms. The molecule has 1 aromatic rings. The first-order valence-corrected chi connectivity index (χ1v) is 8.78. The van der Waals surface area contributed by atoms with E-state index in [1.807, 2.05) is 0 Å². The van der Waals surface area contributed by atoms with Crippen molar-refractivity contribution < 1.29 is 39.5 Å². The average molecular weight is 374 g/mol. The van der Waals surface area contributed by atoms with Crippen molar-refractivity contribution in [3.05, 3.63) is 29.3 Å². The summed E-state index contributed by atoms with van der Waals surface area (Å²) in [6.07, 6.45) is -1.02. The van der Waals surface area contributed by atoms with Crippen molar-refractivity contribution in [1.29, 1.82) is 0 Å². The van der Waals surface area contributed by atoms with Crippen LogP contribution in [0.3, 0.4) is 0 Å². The van der Waals surface area contributed by atoms with Crippen LogP contribution in [0.2, 0.25) is 0 Å². The van der Waals surface area contributed by atoms with Gasteiger partial charge in [0.25, 0.3) is 0 Å². The summed E-state index contributed by atoms with van der Waals surface area (Å²) < 4.78 is 5.92. The minimum atomic E-state index is -2.76. The summed E-state index contributed by atoms with van der Waals surface area (Å²) in [5.74, 6) is -3.32. The van der Waals surface area contributed by atoms with E-state index in [-0.39, 0.29) is 30.4 Å². The Bertz CT molecular complexity index is 970. The number of phenols is 1. The Kier molecular flexibility index (Phi) is 2.71. The van der Waals surface area contributed by atoms with Crippen LogP contribution < -0.4 is 0 Å². The van der Waals surface area contributed by atoms with Gasteiger partial charge >= 0.3 is 0 Å². The summed E-state index contributed by atoms with van der Waals surface area (Å²) >= 11 is 0. The van der Waals surface area contributed by atoms with Crippen LogP contribution in [0.4, 0.5) is 0 Å². The van der Waals surface area contributed by atoms with Gasteiger partial charge in [0, 0.05) is 18.4 Å². The van der Waals surface area contributed by atoms with Crippen LogP contribution in [0.1, 0.15) is 53.3 Å². The molecule has 4 bridgehead atoms. The molecular formula is C19H18O8. The van der Waals surface area contributed by atoms with Crippen molar-refractivity contribution >= 4 is 17.3 Å². The van der Waals surface area contributed by atoms with Gasteiger partial charge in [-0.2, -0.15) is 0 Å². The van der Waals surface area contributed by atoms with Crippen molar-refractivity contribution in [2.75, 3.05) is 0 Å². The van der Waals surface area contributed by atoms with Crippen molar-refractivity contribution in [1.82, 2.24) is 0 Å². The molecule has 0 amide bonds. The highest BCUT2D eigenvalue weighted by Crippen LogP contribution is 2.66. The number of hydrogen-bond donors (Lipinski definition) is 4. The quantitative estimate of drug-likeness (QED) is 0.483. The number of benzene rings is 1. The maximum Gasteiger partial charge on any atom is 0.206 e. The number of phenolic OH excluding ortho intramolecular Hbond substituents is 1. The van der Waals surface area contributed by atoms with E-state index in [2.05, 4.69) is 0 Å². The second kappa shape index (κ2) is 4.30. The Morgan fingerprint density at radius 1 is 1.04 bits per heavy atom. The Hall–Kier alpha value is -2.13. The van der Waals surface area contributed by atoms with Gasteiger partial charge in [-0.3, -0.25) is 14.4 Å². The number of carbonyl (C=O) groups is 3. The number of aliphatic hydroxyl groups is 3. The lowest BCUT2D eigenvalue weighted by Gasteiger charge is -2.71. The standard InChI is InChI=1S/C19H18O8/c1-15-7-11(21)18(26)16(24,8-15)5-6-17(25)14(23)12-9(3-2-4-10(12)20)13(22)19(17,18)27-15/h2-4,20,24-26H,5-8H2,1H3/t15-,16+,17-,18-,19-/m1/s1. The van der Waals surface area contributed by atoms with E-state index in [1.54, 1.807) is 0 Å². The lowest BCUT2D eigenvalue weighted by atomic mass is 9.43. The molecule has 5 atom stereocenters. The third-order valence-corrected chi connectivity index (χ3v) is 6.88. The lowest BCUT2D eigenvalue weighted by molar-refractivity contribution is -0.377. The molecule has 1 aromatic carbocycles. The first kappa shape index (κ1) is 17.0. The largest absolute Gasteiger partial charge is 0.507 e. The third-order valence-electron chi connectivity index (χ3n) is 6.88. The highest BCUT2D eigenvalue weighted by Gasteiger charge is 2.88. The highest BCUT2D eigenvalue weighted by atomic mass is 16.6. The molecule has 0 aromatic heterocycles. The molecular weight excluding hydrogens is 356 g/mol. The number of aromatic hydroxyl groups is 1. The van der Waals surface area contributed by atoms with Crippen LogP contribution in [0.15, 0.2) is 18.2 Å². The number of Topliss-reactive ketones (excluding diaryl/α,β-unsaturated/α-hetero) is 3. The number of ether oxygens (including phenoxy) is 1. The normalized spacial score (nSPS) is 47.6. The smallest absolute Gasteiger partial charge is 0.206 e. The molecule has 5 aliphatic rings. The molecule has 4 fully saturated rings. The van der Waals surface area contributed by atoms with Gasteiger partial charge in [-0.15, -0.1) is 0 Å². The van der Waals surface area contributed by atoms with Crippen molar-refractivity contribution in [3.63, 3.8) is 0 Å². The molecule has 0 unspecified atom stereocenters. The average Bonchev–Trinajstić information content (AvgIpc) is 2.58. The van der Waals surface area contributed by atoms with E-state index in [0.29, 0.717) is 0 Å². The van der Waals surface area contributed by atoms with Crippen LogP contribution in [0, 0.1) is 0 Å². The Morgan fingerprint density at radius 2 is 1.74 bits per heavy atom. The summed E-state index contributed by atoms with van der Waals surface area (Å²) in [5, 5.41) is 44.1. The fourth-order valence-corrected chi connectivity index (χ4v) is 5.83. The minimum absolute atomic E-state index is 0.103. The molecule has 0 radical (unpaired) electrons. The zero-order valence-electron chi connectivity index (χ0n) is 14.5. The van der Waals surface area contributed by atoms with Crippen LogP contribution >= 0.6 is 0 Å². The molecule has 8 heteroatoms. The molecule has 4 N–H and O–H groups in total. The molecule has 2 heterocycles. The van der Waals surface area contributed by atoms with Crippen LogP contribution in [0.5, 0.6) is 5.75 Å². The molecule has 2 aliphatic heterocycles. The molecule has 3 aliphatic carbocycles. The predicted octanol–water partition coefficient (Wildman–Crippen LogP) is -0.351. The fourth-order valence-electron chi connectivity index (χ4n) is 5.83. The fraction of sp³-hybridized carbons (Fsp3) is 0.526. The zero-order valence-corrected chi connectivity index (χ0v) is 14.5. The molecule has 142 valence electrons. The zero-order chi connectivity index (χ0) is 19.6. The summed E-state index contributed by atoms with van der Waals surface area (Å²) in [5.41, 5.74) is -12.0. The third kappa shape index (κ3) is 1.45. The number of fused-ring (bicyclic) bond motifs is 2. The van der Waals surface area contributed by atoms with Gasteiger partial charge in [0.2, 0.25) is 17.2 Å². The Balaban J connectivity index is 1.91. The van der Waals surface area contributed by atoms with E-state index >= 15 is 0 Å². The summed E-state index contributed by atoms with van der Waals surface area (Å²) in [6.45, 7) is 1.51. The van der Waals surface area contributed by atoms with Gasteiger partial charge < -0.3 is 25.2 Å². The van der Waals surface area contributed by atoms with E-state index in [0.717, 1.165) is 0 Å². The molecule has 6 rings (SSSR count). The van der Waals surface area contributed by atoms with E-state index in [4.69, 9.17) is 4.74 Å². The van der Waals surface area contributed by atoms with Gasteiger partial charge in [-0.1, -0.05) is 12.1 Å². The summed E-state index contributed by atoms with van der Waals surface area (Å²) in [4.78, 5) is 39.7. The number of hydrogen-bond acceptors (Lipinski definition) is 8. The van der Waals surface area contributed by atoms with Gasteiger partial charge in [0.05, 0.1) is 11.2 Å². The molecule has 8 nitrogen and oxygen atoms in total. The van der Waals surface area contributed by atoms with Gasteiger partial charge in [-0.05, 0) is 25.8 Å². The van der Waals surface area contributed by atoms with Gasteiger partial charge in [-0.25, -0.2) is 0 Å². The maximum absolute atomic E-state index is 13.5. The highest BCUT2D eigenvalue weighted by molar-refractivity contribution is 6.26. The minimum Gasteiger partial charge on any atom is -0.507 e. The first-order chi connectivity index (χ1) is 12.5. The molecule has 2 saturated heterocycles. The second-order valence-electron chi connectivity index (χ2n) is 8.47. The van der Waals surface area contributed by atoms with E-state index in [9.17, 15) is 34.8 Å². The number of ketones is 3. The summed E-state index contributed by atoms with van der Waals surface area (Å²) in [7, 11) is 0. The van der Waals surface area contributed by atoms with Gasteiger partial charge in [0.1, 0.15) is 11.4 Å².